The Morgan fingerprint density at radius 2 is 1.91 bits per heavy atom. The molecule has 0 fully saturated rings. The van der Waals surface area contributed by atoms with Crippen LogP contribution < -0.4 is 10.5 Å². The van der Waals surface area contributed by atoms with Crippen LogP contribution in [0.5, 0.6) is 5.75 Å². The first-order valence-electron chi connectivity index (χ1n) is 7.62. The SMILES string of the molecule is COc1cc(N)c2c(c1)/C=C/CCCC(=O)/C=C\CCOC2=O. The first kappa shape index (κ1) is 16.8. The predicted molar refractivity (Wildman–Crippen MR) is 89.3 cm³/mol. The first-order valence-corrected chi connectivity index (χ1v) is 7.62. The second kappa shape index (κ2) is 8.17. The van der Waals surface area contributed by atoms with E-state index in [0.29, 0.717) is 35.4 Å². The molecule has 2 rings (SSSR count). The van der Waals surface area contributed by atoms with E-state index in [-0.39, 0.29) is 12.4 Å². The third-order valence-electron chi connectivity index (χ3n) is 3.53. The van der Waals surface area contributed by atoms with Crippen LogP contribution >= 0.6 is 0 Å². The van der Waals surface area contributed by atoms with Crippen LogP contribution in [0.1, 0.15) is 41.6 Å². The molecular weight excluding hydrogens is 294 g/mol. The van der Waals surface area contributed by atoms with Gasteiger partial charge in [0.2, 0.25) is 0 Å². The molecule has 5 heteroatoms. The molecule has 2 N–H and O–H groups in total. The second-order valence-electron chi connectivity index (χ2n) is 5.27. The van der Waals surface area contributed by atoms with Crippen molar-refractivity contribution in [1.29, 1.82) is 0 Å². The van der Waals surface area contributed by atoms with E-state index in [1.807, 2.05) is 12.2 Å². The van der Waals surface area contributed by atoms with Gasteiger partial charge in [-0.1, -0.05) is 18.2 Å². The predicted octanol–water partition coefficient (Wildman–Crippen LogP) is 3.15. The summed E-state index contributed by atoms with van der Waals surface area (Å²) in [7, 11) is 1.55. The summed E-state index contributed by atoms with van der Waals surface area (Å²) in [6, 6.07) is 3.36. The van der Waals surface area contributed by atoms with Crippen molar-refractivity contribution in [2.24, 2.45) is 0 Å². The molecule has 0 radical (unpaired) electrons. The zero-order valence-corrected chi connectivity index (χ0v) is 13.2. The second-order valence-corrected chi connectivity index (χ2v) is 5.27. The Morgan fingerprint density at radius 1 is 1.13 bits per heavy atom. The molecule has 0 unspecified atom stereocenters. The minimum atomic E-state index is -0.471. The Bertz CT molecular complexity index is 647. The molecule has 0 atom stereocenters. The lowest BCUT2D eigenvalue weighted by Crippen LogP contribution is -2.11. The maximum Gasteiger partial charge on any atom is 0.340 e. The van der Waals surface area contributed by atoms with Crippen LogP contribution in [0, 0.1) is 0 Å². The average Bonchev–Trinajstić information content (AvgIpc) is 2.52. The summed E-state index contributed by atoms with van der Waals surface area (Å²) in [4.78, 5) is 23.9. The minimum absolute atomic E-state index is 0.0908. The number of cyclic esters (lactones) is 1. The van der Waals surface area contributed by atoms with E-state index in [9.17, 15) is 9.59 Å². The van der Waals surface area contributed by atoms with Gasteiger partial charge in [-0.25, -0.2) is 4.79 Å². The van der Waals surface area contributed by atoms with E-state index in [1.165, 1.54) is 0 Å². The van der Waals surface area contributed by atoms with Crippen molar-refractivity contribution >= 4 is 23.5 Å². The molecule has 0 aromatic heterocycles. The fourth-order valence-corrected chi connectivity index (χ4v) is 2.34. The molecule has 0 saturated carbocycles. The van der Waals surface area contributed by atoms with Crippen molar-refractivity contribution in [2.45, 2.75) is 25.7 Å². The summed E-state index contributed by atoms with van der Waals surface area (Å²) >= 11 is 0. The lowest BCUT2D eigenvalue weighted by atomic mass is 10.0. The summed E-state index contributed by atoms with van der Waals surface area (Å²) in [5, 5.41) is 0. The Balaban J connectivity index is 2.33. The maximum atomic E-state index is 12.3. The number of methoxy groups -OCH3 is 1. The first-order chi connectivity index (χ1) is 11.1. The van der Waals surface area contributed by atoms with E-state index in [0.717, 1.165) is 12.8 Å². The highest BCUT2D eigenvalue weighted by atomic mass is 16.5. The summed E-state index contributed by atoms with van der Waals surface area (Å²) in [6.45, 7) is 0.206. The van der Waals surface area contributed by atoms with Crippen molar-refractivity contribution < 1.29 is 19.1 Å². The standard InChI is InChI=1S/C18H21NO4/c1-22-15-11-13-7-3-2-4-8-14(20)9-5-6-10-23-18(21)17(13)16(19)12-15/h3,5,7,9,11-12H,2,4,6,8,10,19H2,1H3/b7-3+,9-5-. The van der Waals surface area contributed by atoms with E-state index in [4.69, 9.17) is 15.2 Å². The molecule has 0 amide bonds. The van der Waals surface area contributed by atoms with Gasteiger partial charge >= 0.3 is 5.97 Å². The number of esters is 1. The number of benzene rings is 1. The molecule has 0 saturated heterocycles. The Kier molecular flexibility index (Phi) is 5.97. The van der Waals surface area contributed by atoms with Gasteiger partial charge in [0.25, 0.3) is 0 Å². The number of carbonyl (C=O) groups is 2. The molecule has 1 aliphatic rings. The smallest absolute Gasteiger partial charge is 0.340 e. The molecule has 1 aromatic carbocycles. The highest BCUT2D eigenvalue weighted by Gasteiger charge is 2.17. The lowest BCUT2D eigenvalue weighted by Gasteiger charge is -2.12. The third kappa shape index (κ3) is 4.71. The van der Waals surface area contributed by atoms with Crippen LogP contribution in [0.2, 0.25) is 0 Å². The minimum Gasteiger partial charge on any atom is -0.497 e. The van der Waals surface area contributed by atoms with Gasteiger partial charge in [0, 0.05) is 12.5 Å². The molecule has 1 aliphatic heterocycles. The highest BCUT2D eigenvalue weighted by molar-refractivity contribution is 5.99. The molecule has 1 aromatic rings. The summed E-state index contributed by atoms with van der Waals surface area (Å²) in [5.74, 6) is 0.201. The Morgan fingerprint density at radius 3 is 2.70 bits per heavy atom. The number of hydrogen-bond donors (Lipinski definition) is 1. The number of carbonyl (C=O) groups excluding carboxylic acids is 2. The van der Waals surface area contributed by atoms with Crippen molar-refractivity contribution in [3.8, 4) is 5.75 Å². The van der Waals surface area contributed by atoms with Gasteiger partial charge < -0.3 is 15.2 Å². The van der Waals surface area contributed by atoms with Gasteiger partial charge in [0.1, 0.15) is 5.75 Å². The average molecular weight is 315 g/mol. The van der Waals surface area contributed by atoms with E-state index >= 15 is 0 Å². The summed E-state index contributed by atoms with van der Waals surface area (Å²) in [6.07, 6.45) is 9.54. The molecule has 0 aliphatic carbocycles. The molecule has 122 valence electrons. The van der Waals surface area contributed by atoms with Crippen molar-refractivity contribution in [3.63, 3.8) is 0 Å². The third-order valence-corrected chi connectivity index (χ3v) is 3.53. The number of anilines is 1. The molecule has 5 nitrogen and oxygen atoms in total. The number of nitrogens with two attached hydrogens (primary N) is 1. The molecule has 1 heterocycles. The van der Waals surface area contributed by atoms with Gasteiger partial charge in [-0.05, 0) is 37.0 Å². The lowest BCUT2D eigenvalue weighted by molar-refractivity contribution is -0.114. The van der Waals surface area contributed by atoms with Crippen LogP contribution in [0.15, 0.2) is 30.4 Å². The van der Waals surface area contributed by atoms with Crippen molar-refractivity contribution in [3.05, 3.63) is 41.5 Å². The normalized spacial score (nSPS) is 19.2. The Hall–Kier alpha value is -2.56. The number of rotatable bonds is 1. The van der Waals surface area contributed by atoms with Gasteiger partial charge in [0.15, 0.2) is 5.78 Å². The van der Waals surface area contributed by atoms with Gasteiger partial charge in [-0.3, -0.25) is 4.79 Å². The van der Waals surface area contributed by atoms with Gasteiger partial charge in [-0.2, -0.15) is 0 Å². The Labute approximate surface area is 135 Å². The topological polar surface area (TPSA) is 78.6 Å². The fourth-order valence-electron chi connectivity index (χ4n) is 2.34. The quantitative estimate of drug-likeness (QED) is 0.636. The largest absolute Gasteiger partial charge is 0.497 e. The number of ketones is 1. The van der Waals surface area contributed by atoms with E-state index in [2.05, 4.69) is 0 Å². The molecule has 0 spiro atoms. The van der Waals surface area contributed by atoms with Crippen molar-refractivity contribution in [2.75, 3.05) is 19.5 Å². The van der Waals surface area contributed by atoms with Crippen molar-refractivity contribution in [1.82, 2.24) is 0 Å². The number of allylic oxidation sites excluding steroid dienone is 2. The zero-order chi connectivity index (χ0) is 16.7. The molecule has 0 bridgehead atoms. The maximum absolute atomic E-state index is 12.3. The molecular formula is C18H21NO4. The van der Waals surface area contributed by atoms with Gasteiger partial charge in [-0.15, -0.1) is 0 Å². The van der Waals surface area contributed by atoms with E-state index in [1.54, 1.807) is 31.4 Å². The van der Waals surface area contributed by atoms with Gasteiger partial charge in [0.05, 0.1) is 25.0 Å². The summed E-state index contributed by atoms with van der Waals surface area (Å²) < 4.78 is 10.4. The van der Waals surface area contributed by atoms with Crippen LogP contribution in [0.4, 0.5) is 5.69 Å². The summed E-state index contributed by atoms with van der Waals surface area (Å²) in [5.41, 5.74) is 7.32. The van der Waals surface area contributed by atoms with Crippen LogP contribution in [-0.4, -0.2) is 25.5 Å². The number of fused-ring (bicyclic) bond motifs is 1. The van der Waals surface area contributed by atoms with Crippen LogP contribution in [0.25, 0.3) is 6.08 Å². The number of ether oxygens (including phenoxy) is 2. The highest BCUT2D eigenvalue weighted by Crippen LogP contribution is 2.27. The van der Waals surface area contributed by atoms with Crippen LogP contribution in [-0.2, 0) is 9.53 Å². The van der Waals surface area contributed by atoms with Crippen LogP contribution in [0.3, 0.4) is 0 Å². The molecule has 23 heavy (non-hydrogen) atoms. The zero-order valence-electron chi connectivity index (χ0n) is 13.2. The number of hydrogen-bond acceptors (Lipinski definition) is 5. The fraction of sp³-hybridized carbons (Fsp3) is 0.333. The monoisotopic (exact) mass is 315 g/mol. The van der Waals surface area contributed by atoms with E-state index < -0.39 is 5.97 Å². The number of nitrogen functional groups attached to an aromatic ring is 1.